The van der Waals surface area contributed by atoms with Gasteiger partial charge in [0.25, 0.3) is 0 Å². The summed E-state index contributed by atoms with van der Waals surface area (Å²) < 4.78 is 5.93. The standard InChI is InChI=1S/C20H23BrO/c1-13(2)15-7-9-16(10-8-15)20(21)17-12-14(3)6-11-18(17)22-19(20,4)5/h6-13H,1-5H3. The van der Waals surface area contributed by atoms with Crippen LogP contribution in [-0.2, 0) is 4.32 Å². The Morgan fingerprint density at radius 2 is 1.64 bits per heavy atom. The molecule has 0 saturated heterocycles. The fraction of sp³-hybridized carbons (Fsp3) is 0.400. The smallest absolute Gasteiger partial charge is 0.127 e. The Balaban J connectivity index is 2.16. The topological polar surface area (TPSA) is 9.23 Å². The molecule has 1 unspecified atom stereocenters. The molecule has 1 aliphatic heterocycles. The third kappa shape index (κ3) is 2.20. The Kier molecular flexibility index (Phi) is 3.64. The molecule has 1 nitrogen and oxygen atoms in total. The highest BCUT2D eigenvalue weighted by Crippen LogP contribution is 2.57. The van der Waals surface area contributed by atoms with Gasteiger partial charge < -0.3 is 4.74 Å². The van der Waals surface area contributed by atoms with E-state index in [-0.39, 0.29) is 9.93 Å². The van der Waals surface area contributed by atoms with E-state index < -0.39 is 0 Å². The number of alkyl halides is 1. The quantitative estimate of drug-likeness (QED) is 0.604. The maximum Gasteiger partial charge on any atom is 0.127 e. The van der Waals surface area contributed by atoms with Crippen molar-refractivity contribution in [2.45, 2.75) is 50.5 Å². The largest absolute Gasteiger partial charge is 0.485 e. The van der Waals surface area contributed by atoms with E-state index in [1.165, 1.54) is 22.3 Å². The highest BCUT2D eigenvalue weighted by molar-refractivity contribution is 9.09. The molecule has 0 spiro atoms. The molecule has 116 valence electrons. The molecule has 2 aromatic carbocycles. The third-order valence-corrected chi connectivity index (χ3v) is 6.52. The van der Waals surface area contributed by atoms with Gasteiger partial charge in [-0.15, -0.1) is 0 Å². The molecule has 2 heteroatoms. The van der Waals surface area contributed by atoms with Crippen molar-refractivity contribution in [3.8, 4) is 5.75 Å². The number of hydrogen-bond donors (Lipinski definition) is 0. The lowest BCUT2D eigenvalue weighted by Gasteiger charge is -2.35. The summed E-state index contributed by atoms with van der Waals surface area (Å²) >= 11 is 4.05. The van der Waals surface area contributed by atoms with Gasteiger partial charge in [0.05, 0.1) is 0 Å². The van der Waals surface area contributed by atoms with E-state index in [1.54, 1.807) is 0 Å². The lowest BCUT2D eigenvalue weighted by molar-refractivity contribution is 0.112. The molecule has 0 aromatic heterocycles. The molecule has 0 radical (unpaired) electrons. The zero-order valence-corrected chi connectivity index (χ0v) is 15.5. The molecule has 0 saturated carbocycles. The van der Waals surface area contributed by atoms with Gasteiger partial charge in [0.15, 0.2) is 0 Å². The second-order valence-electron chi connectivity index (χ2n) is 7.05. The Morgan fingerprint density at radius 3 is 2.23 bits per heavy atom. The molecular formula is C20H23BrO. The number of benzene rings is 2. The van der Waals surface area contributed by atoms with Crippen molar-refractivity contribution < 1.29 is 4.74 Å². The average Bonchev–Trinajstić information content (AvgIpc) is 2.67. The van der Waals surface area contributed by atoms with Crippen LogP contribution in [0, 0.1) is 6.92 Å². The van der Waals surface area contributed by atoms with Gasteiger partial charge >= 0.3 is 0 Å². The molecule has 3 rings (SSSR count). The second kappa shape index (κ2) is 5.13. The SMILES string of the molecule is Cc1ccc2c(c1)C(Br)(c1ccc(C(C)C)cc1)C(C)(C)O2. The molecular weight excluding hydrogens is 336 g/mol. The van der Waals surface area contributed by atoms with Crippen molar-refractivity contribution in [3.05, 3.63) is 64.7 Å². The molecule has 0 amide bonds. The van der Waals surface area contributed by atoms with Crippen LogP contribution >= 0.6 is 15.9 Å². The highest BCUT2D eigenvalue weighted by Gasteiger charge is 2.54. The highest BCUT2D eigenvalue weighted by atomic mass is 79.9. The van der Waals surface area contributed by atoms with Crippen LogP contribution < -0.4 is 4.74 Å². The lowest BCUT2D eigenvalue weighted by atomic mass is 9.80. The predicted molar refractivity (Wildman–Crippen MR) is 96.1 cm³/mol. The number of ether oxygens (including phenoxy) is 1. The van der Waals surface area contributed by atoms with Crippen molar-refractivity contribution in [1.82, 2.24) is 0 Å². The van der Waals surface area contributed by atoms with E-state index in [0.29, 0.717) is 5.92 Å². The summed E-state index contributed by atoms with van der Waals surface area (Å²) in [5, 5.41) is 0. The van der Waals surface area contributed by atoms with Crippen molar-refractivity contribution in [3.63, 3.8) is 0 Å². The number of rotatable bonds is 2. The van der Waals surface area contributed by atoms with Gasteiger partial charge in [0.2, 0.25) is 0 Å². The molecule has 0 bridgehead atoms. The van der Waals surface area contributed by atoms with Gasteiger partial charge in [-0.25, -0.2) is 0 Å². The van der Waals surface area contributed by atoms with Crippen LogP contribution in [0.3, 0.4) is 0 Å². The number of fused-ring (bicyclic) bond motifs is 1. The molecule has 22 heavy (non-hydrogen) atoms. The van der Waals surface area contributed by atoms with Gasteiger partial charge in [-0.3, -0.25) is 0 Å². The average molecular weight is 359 g/mol. The van der Waals surface area contributed by atoms with Crippen LogP contribution in [-0.4, -0.2) is 5.60 Å². The van der Waals surface area contributed by atoms with Crippen molar-refractivity contribution in [2.75, 3.05) is 0 Å². The van der Waals surface area contributed by atoms with Crippen LogP contribution in [0.15, 0.2) is 42.5 Å². The molecule has 1 aliphatic rings. The van der Waals surface area contributed by atoms with Gasteiger partial charge in [0.1, 0.15) is 15.7 Å². The predicted octanol–water partition coefficient (Wildman–Crippen LogP) is 5.93. The molecule has 2 aromatic rings. The minimum absolute atomic E-state index is 0.323. The zero-order valence-electron chi connectivity index (χ0n) is 13.9. The van der Waals surface area contributed by atoms with E-state index in [4.69, 9.17) is 4.74 Å². The first-order valence-electron chi connectivity index (χ1n) is 7.85. The van der Waals surface area contributed by atoms with E-state index in [1.807, 2.05) is 0 Å². The minimum atomic E-state index is -0.345. The summed E-state index contributed by atoms with van der Waals surface area (Å²) in [7, 11) is 0. The van der Waals surface area contributed by atoms with E-state index in [9.17, 15) is 0 Å². The molecule has 1 heterocycles. The van der Waals surface area contributed by atoms with Crippen LogP contribution in [0.2, 0.25) is 0 Å². The van der Waals surface area contributed by atoms with Crippen LogP contribution in [0.1, 0.15) is 55.9 Å². The summed E-state index contributed by atoms with van der Waals surface area (Å²) in [6.07, 6.45) is 0. The normalized spacial score (nSPS) is 22.5. The van der Waals surface area contributed by atoms with Gasteiger partial charge in [-0.1, -0.05) is 71.7 Å². The maximum absolute atomic E-state index is 6.25. The number of hydrogen-bond acceptors (Lipinski definition) is 1. The summed E-state index contributed by atoms with van der Waals surface area (Å²) in [5.41, 5.74) is 4.73. The van der Waals surface area contributed by atoms with Crippen LogP contribution in [0.25, 0.3) is 0 Å². The van der Waals surface area contributed by atoms with Crippen molar-refractivity contribution in [1.29, 1.82) is 0 Å². The minimum Gasteiger partial charge on any atom is -0.485 e. The fourth-order valence-electron chi connectivity index (χ4n) is 3.27. The first kappa shape index (κ1) is 15.6. The van der Waals surface area contributed by atoms with Gasteiger partial charge in [-0.2, -0.15) is 0 Å². The zero-order chi connectivity index (χ0) is 16.1. The number of aryl methyl sites for hydroxylation is 1. The van der Waals surface area contributed by atoms with E-state index in [2.05, 4.69) is 93.0 Å². The van der Waals surface area contributed by atoms with Crippen LogP contribution in [0.5, 0.6) is 5.75 Å². The monoisotopic (exact) mass is 358 g/mol. The van der Waals surface area contributed by atoms with Crippen LogP contribution in [0.4, 0.5) is 0 Å². The summed E-state index contributed by atoms with van der Waals surface area (Å²) in [6.45, 7) is 10.9. The Bertz CT molecular complexity index is 700. The Morgan fingerprint density at radius 1 is 1.00 bits per heavy atom. The van der Waals surface area contributed by atoms with E-state index >= 15 is 0 Å². The van der Waals surface area contributed by atoms with Crippen molar-refractivity contribution in [2.24, 2.45) is 0 Å². The molecule has 0 aliphatic carbocycles. The maximum atomic E-state index is 6.25. The van der Waals surface area contributed by atoms with E-state index in [0.717, 1.165) is 5.75 Å². The van der Waals surface area contributed by atoms with Crippen molar-refractivity contribution >= 4 is 15.9 Å². The molecule has 1 atom stereocenters. The Labute approximate surface area is 141 Å². The first-order chi connectivity index (χ1) is 10.3. The van der Waals surface area contributed by atoms with Gasteiger partial charge in [0, 0.05) is 5.56 Å². The second-order valence-corrected chi connectivity index (χ2v) is 8.24. The Hall–Kier alpha value is -1.28. The first-order valence-corrected chi connectivity index (χ1v) is 8.64. The number of halogens is 1. The summed E-state index contributed by atoms with van der Waals surface area (Å²) in [6, 6.07) is 15.3. The fourth-order valence-corrected chi connectivity index (χ4v) is 3.93. The third-order valence-electron chi connectivity index (χ3n) is 4.68. The molecule has 0 N–H and O–H groups in total. The summed E-state index contributed by atoms with van der Waals surface area (Å²) in [5.74, 6) is 1.52. The van der Waals surface area contributed by atoms with Gasteiger partial charge in [-0.05, 0) is 43.9 Å². The molecule has 0 fully saturated rings. The lowest BCUT2D eigenvalue weighted by Crippen LogP contribution is -2.43. The summed E-state index contributed by atoms with van der Waals surface area (Å²) in [4.78, 5) is 0.